The summed E-state index contributed by atoms with van der Waals surface area (Å²) in [5.74, 6) is 1.47. The molecule has 10 nitrogen and oxygen atoms in total. The van der Waals surface area contributed by atoms with E-state index in [1.807, 2.05) is 6.07 Å². The number of nitrogens with zero attached hydrogens (tertiary/aromatic N) is 6. The van der Waals surface area contributed by atoms with Gasteiger partial charge in [0, 0.05) is 71.8 Å². The number of carbonyl (C=O) groups is 1. The second-order valence-corrected chi connectivity index (χ2v) is 7.79. The van der Waals surface area contributed by atoms with Gasteiger partial charge in [0.25, 0.3) is 0 Å². The SMILES string of the molecule is CN(C)C(=O)CN=C(NCCN1CCOCC1)NC1CCN(c2ncccn2)CC1. The Morgan fingerprint density at radius 1 is 1.20 bits per heavy atom. The van der Waals surface area contributed by atoms with E-state index in [2.05, 4.69) is 35.4 Å². The van der Waals surface area contributed by atoms with E-state index in [1.54, 1.807) is 31.4 Å². The molecule has 3 rings (SSSR count). The number of rotatable bonds is 7. The summed E-state index contributed by atoms with van der Waals surface area (Å²) in [4.78, 5) is 31.3. The van der Waals surface area contributed by atoms with Crippen LogP contribution >= 0.6 is 0 Å². The summed E-state index contributed by atoms with van der Waals surface area (Å²) in [6.45, 7) is 7.12. The zero-order chi connectivity index (χ0) is 21.2. The van der Waals surface area contributed by atoms with Gasteiger partial charge in [0.2, 0.25) is 11.9 Å². The normalized spacial score (nSPS) is 18.9. The minimum absolute atomic E-state index is 0.0136. The van der Waals surface area contributed by atoms with Crippen LogP contribution < -0.4 is 15.5 Å². The third-order valence-electron chi connectivity index (χ3n) is 5.37. The number of amides is 1. The van der Waals surface area contributed by atoms with E-state index in [0.29, 0.717) is 12.0 Å². The van der Waals surface area contributed by atoms with Gasteiger partial charge in [0.1, 0.15) is 6.54 Å². The quantitative estimate of drug-likeness (QED) is 0.448. The largest absolute Gasteiger partial charge is 0.379 e. The highest BCUT2D eigenvalue weighted by molar-refractivity contribution is 5.84. The minimum Gasteiger partial charge on any atom is -0.379 e. The molecule has 0 atom stereocenters. The number of likely N-dealkylation sites (N-methyl/N-ethyl adjacent to an activating group) is 1. The van der Waals surface area contributed by atoms with Crippen molar-refractivity contribution in [1.29, 1.82) is 0 Å². The highest BCUT2D eigenvalue weighted by Crippen LogP contribution is 2.15. The fourth-order valence-electron chi connectivity index (χ4n) is 3.47. The Labute approximate surface area is 178 Å². The number of aliphatic imine (C=N–C) groups is 1. The number of hydrogen-bond donors (Lipinski definition) is 2. The lowest BCUT2D eigenvalue weighted by atomic mass is 10.1. The number of piperidine rings is 1. The molecule has 0 saturated carbocycles. The Balaban J connectivity index is 1.49. The number of morpholine rings is 1. The summed E-state index contributed by atoms with van der Waals surface area (Å²) in [6.07, 6.45) is 5.48. The lowest BCUT2D eigenvalue weighted by Crippen LogP contribution is -2.50. The number of anilines is 1. The van der Waals surface area contributed by atoms with Gasteiger partial charge >= 0.3 is 0 Å². The first-order valence-electron chi connectivity index (χ1n) is 10.7. The van der Waals surface area contributed by atoms with Gasteiger partial charge in [-0.25, -0.2) is 15.0 Å². The molecule has 30 heavy (non-hydrogen) atoms. The van der Waals surface area contributed by atoms with E-state index in [1.165, 1.54) is 0 Å². The molecule has 0 spiro atoms. The van der Waals surface area contributed by atoms with Gasteiger partial charge in [0.05, 0.1) is 13.2 Å². The van der Waals surface area contributed by atoms with Crippen LogP contribution in [0.3, 0.4) is 0 Å². The first-order valence-corrected chi connectivity index (χ1v) is 10.7. The minimum atomic E-state index is -0.0136. The molecule has 0 unspecified atom stereocenters. The van der Waals surface area contributed by atoms with E-state index < -0.39 is 0 Å². The molecule has 0 aromatic carbocycles. The Hall–Kier alpha value is -2.46. The lowest BCUT2D eigenvalue weighted by Gasteiger charge is -2.33. The number of ether oxygens (including phenoxy) is 1. The fourth-order valence-corrected chi connectivity index (χ4v) is 3.47. The van der Waals surface area contributed by atoms with Crippen molar-refractivity contribution in [3.63, 3.8) is 0 Å². The Bertz CT molecular complexity index is 671. The monoisotopic (exact) mass is 418 g/mol. The van der Waals surface area contributed by atoms with Crippen LogP contribution in [0.2, 0.25) is 0 Å². The zero-order valence-electron chi connectivity index (χ0n) is 18.1. The lowest BCUT2D eigenvalue weighted by molar-refractivity contribution is -0.127. The maximum atomic E-state index is 12.0. The summed E-state index contributed by atoms with van der Waals surface area (Å²) in [6, 6.07) is 2.13. The maximum Gasteiger partial charge on any atom is 0.243 e. The summed E-state index contributed by atoms with van der Waals surface area (Å²) in [5.41, 5.74) is 0. The Kier molecular flexibility index (Phi) is 8.64. The van der Waals surface area contributed by atoms with Crippen LogP contribution in [0.15, 0.2) is 23.5 Å². The van der Waals surface area contributed by atoms with Gasteiger partial charge in [-0.2, -0.15) is 0 Å². The van der Waals surface area contributed by atoms with Crippen molar-refractivity contribution >= 4 is 17.8 Å². The molecule has 2 fully saturated rings. The van der Waals surface area contributed by atoms with Crippen LogP contribution in [0.25, 0.3) is 0 Å². The predicted molar refractivity (Wildman–Crippen MR) is 117 cm³/mol. The molecule has 1 amide bonds. The standard InChI is InChI=1S/C20H34N8O2/c1-26(2)18(29)16-24-19(21-8-11-27-12-14-30-15-13-27)25-17-4-9-28(10-5-17)20-22-6-3-7-23-20/h3,6-7,17H,4-5,8-16H2,1-2H3,(H2,21,24,25). The molecule has 3 heterocycles. The molecule has 1 aromatic heterocycles. The fraction of sp³-hybridized carbons (Fsp3) is 0.700. The van der Waals surface area contributed by atoms with Crippen molar-refractivity contribution in [1.82, 2.24) is 30.4 Å². The van der Waals surface area contributed by atoms with E-state index in [4.69, 9.17) is 4.74 Å². The Morgan fingerprint density at radius 2 is 1.90 bits per heavy atom. The maximum absolute atomic E-state index is 12.0. The van der Waals surface area contributed by atoms with Gasteiger partial charge in [-0.05, 0) is 18.9 Å². The molecule has 2 N–H and O–H groups in total. The van der Waals surface area contributed by atoms with Crippen molar-refractivity contribution in [3.05, 3.63) is 18.5 Å². The van der Waals surface area contributed by atoms with Gasteiger partial charge in [-0.3, -0.25) is 9.69 Å². The van der Waals surface area contributed by atoms with Crippen molar-refractivity contribution in [2.75, 3.05) is 78.0 Å². The molecular formula is C20H34N8O2. The van der Waals surface area contributed by atoms with E-state index in [9.17, 15) is 4.79 Å². The third kappa shape index (κ3) is 7.10. The summed E-state index contributed by atoms with van der Waals surface area (Å²) >= 11 is 0. The molecule has 0 bridgehead atoms. The van der Waals surface area contributed by atoms with Gasteiger partial charge in [-0.15, -0.1) is 0 Å². The van der Waals surface area contributed by atoms with Crippen molar-refractivity contribution < 1.29 is 9.53 Å². The van der Waals surface area contributed by atoms with Gasteiger partial charge in [-0.1, -0.05) is 0 Å². The second kappa shape index (κ2) is 11.7. The zero-order valence-corrected chi connectivity index (χ0v) is 18.1. The second-order valence-electron chi connectivity index (χ2n) is 7.79. The average Bonchev–Trinajstić information content (AvgIpc) is 2.79. The molecule has 1 aromatic rings. The van der Waals surface area contributed by atoms with Crippen LogP contribution in [-0.4, -0.2) is 111 Å². The van der Waals surface area contributed by atoms with Crippen LogP contribution in [0, 0.1) is 0 Å². The van der Waals surface area contributed by atoms with Crippen LogP contribution in [0.4, 0.5) is 5.95 Å². The summed E-state index contributed by atoms with van der Waals surface area (Å²) < 4.78 is 5.40. The molecule has 2 aliphatic rings. The van der Waals surface area contributed by atoms with E-state index in [0.717, 1.165) is 71.3 Å². The molecule has 0 aliphatic carbocycles. The molecule has 2 saturated heterocycles. The van der Waals surface area contributed by atoms with Crippen molar-refractivity contribution in [2.24, 2.45) is 4.99 Å². The van der Waals surface area contributed by atoms with E-state index in [-0.39, 0.29) is 12.5 Å². The van der Waals surface area contributed by atoms with Gasteiger partial charge < -0.3 is 25.2 Å². The van der Waals surface area contributed by atoms with Crippen LogP contribution in [0.1, 0.15) is 12.8 Å². The predicted octanol–water partition coefficient (Wildman–Crippen LogP) is -0.599. The van der Waals surface area contributed by atoms with Crippen molar-refractivity contribution in [2.45, 2.75) is 18.9 Å². The molecule has 2 aliphatic heterocycles. The van der Waals surface area contributed by atoms with E-state index >= 15 is 0 Å². The number of aromatic nitrogens is 2. The smallest absolute Gasteiger partial charge is 0.243 e. The first-order chi connectivity index (χ1) is 14.6. The topological polar surface area (TPSA) is 98.2 Å². The highest BCUT2D eigenvalue weighted by Gasteiger charge is 2.22. The third-order valence-corrected chi connectivity index (χ3v) is 5.37. The molecular weight excluding hydrogens is 384 g/mol. The van der Waals surface area contributed by atoms with Crippen LogP contribution in [-0.2, 0) is 9.53 Å². The molecule has 0 radical (unpaired) electrons. The summed E-state index contributed by atoms with van der Waals surface area (Å²) in [7, 11) is 3.50. The van der Waals surface area contributed by atoms with Gasteiger partial charge in [0.15, 0.2) is 5.96 Å². The number of nitrogens with one attached hydrogen (secondary N) is 2. The number of carbonyl (C=O) groups excluding carboxylic acids is 1. The first kappa shape index (κ1) is 22.2. The highest BCUT2D eigenvalue weighted by atomic mass is 16.5. The molecule has 10 heteroatoms. The number of guanidine groups is 1. The van der Waals surface area contributed by atoms with Crippen LogP contribution in [0.5, 0.6) is 0 Å². The Morgan fingerprint density at radius 3 is 2.57 bits per heavy atom. The summed E-state index contributed by atoms with van der Waals surface area (Å²) in [5, 5.41) is 6.92. The average molecular weight is 419 g/mol. The van der Waals surface area contributed by atoms with Crippen molar-refractivity contribution in [3.8, 4) is 0 Å². The molecule has 166 valence electrons. The number of hydrogen-bond acceptors (Lipinski definition) is 7.